The van der Waals surface area contributed by atoms with Crippen LogP contribution in [0, 0.1) is 13.8 Å². The van der Waals surface area contributed by atoms with Crippen LogP contribution in [0.3, 0.4) is 0 Å². The summed E-state index contributed by atoms with van der Waals surface area (Å²) in [5.41, 5.74) is 10.9. The van der Waals surface area contributed by atoms with Gasteiger partial charge >= 0.3 is 5.95 Å². The summed E-state index contributed by atoms with van der Waals surface area (Å²) in [6, 6.07) is 1.93. The van der Waals surface area contributed by atoms with Crippen LogP contribution in [0.2, 0.25) is 0 Å². The Morgan fingerprint density at radius 2 is 1.89 bits per heavy atom. The number of hydrazine groups is 1. The van der Waals surface area contributed by atoms with Gasteiger partial charge in [-0.25, -0.2) is 10.4 Å². The fourth-order valence-electron chi connectivity index (χ4n) is 2.10. The Hall–Kier alpha value is -1.73. The third-order valence-corrected chi connectivity index (χ3v) is 3.12. The number of guanidine groups is 1. The first-order valence-electron chi connectivity index (χ1n) is 6.57. The van der Waals surface area contributed by atoms with E-state index in [2.05, 4.69) is 32.4 Å². The third kappa shape index (κ3) is 4.15. The predicted octanol–water partition coefficient (Wildman–Crippen LogP) is -3.54. The number of likely N-dealkylation sites (N-methyl/N-ethyl adjacent to an activating group) is 1. The van der Waals surface area contributed by atoms with E-state index in [0.29, 0.717) is 11.9 Å². The van der Waals surface area contributed by atoms with Crippen molar-refractivity contribution in [2.45, 2.75) is 13.8 Å². The van der Waals surface area contributed by atoms with Gasteiger partial charge in [0.05, 0.1) is 44.6 Å². The summed E-state index contributed by atoms with van der Waals surface area (Å²) in [5.74, 6) is 0.992. The van der Waals surface area contributed by atoms with Gasteiger partial charge in [-0.05, 0) is 13.8 Å². The first-order valence-corrected chi connectivity index (χ1v) is 6.57. The van der Waals surface area contributed by atoms with Gasteiger partial charge in [-0.3, -0.25) is 0 Å². The Balaban J connectivity index is 1.98. The Kier molecular flexibility index (Phi) is 4.28. The molecule has 1 fully saturated rings. The van der Waals surface area contributed by atoms with Crippen LogP contribution in [-0.4, -0.2) is 54.2 Å². The van der Waals surface area contributed by atoms with E-state index < -0.39 is 0 Å². The Labute approximate surface area is 113 Å². The minimum absolute atomic E-state index is 0.463. The summed E-state index contributed by atoms with van der Waals surface area (Å²) < 4.78 is 0. The summed E-state index contributed by atoms with van der Waals surface area (Å²) in [6.45, 7) is 8.05. The zero-order chi connectivity index (χ0) is 13.8. The molecule has 19 heavy (non-hydrogen) atoms. The highest BCUT2D eigenvalue weighted by Crippen LogP contribution is 1.97. The average Bonchev–Trinajstić information content (AvgIpc) is 2.30. The van der Waals surface area contributed by atoms with Crippen molar-refractivity contribution in [1.82, 2.24) is 20.4 Å². The lowest BCUT2D eigenvalue weighted by Crippen LogP contribution is -3.12. The molecule has 7 heteroatoms. The summed E-state index contributed by atoms with van der Waals surface area (Å²) in [4.78, 5) is 13.1. The minimum atomic E-state index is 0.463. The highest BCUT2D eigenvalue weighted by molar-refractivity contribution is 5.71. The van der Waals surface area contributed by atoms with E-state index in [1.54, 1.807) is 4.90 Å². The molecule has 0 unspecified atom stereocenters. The molecule has 0 saturated carbocycles. The fourth-order valence-corrected chi connectivity index (χ4v) is 2.10. The molecule has 2 rings (SSSR count). The quantitative estimate of drug-likeness (QED) is 0.329. The van der Waals surface area contributed by atoms with Gasteiger partial charge in [0.1, 0.15) is 0 Å². The topological polar surface area (TPSA) is 85.5 Å². The fraction of sp³-hybridized carbons (Fsp3) is 0.583. The van der Waals surface area contributed by atoms with Crippen molar-refractivity contribution in [2.75, 3.05) is 33.2 Å². The molecule has 0 aliphatic carbocycles. The minimum Gasteiger partial charge on any atom is -0.335 e. The van der Waals surface area contributed by atoms with E-state index in [1.165, 1.54) is 0 Å². The summed E-state index contributed by atoms with van der Waals surface area (Å²) in [5, 5.41) is 2.11. The molecule has 0 bridgehead atoms. The van der Waals surface area contributed by atoms with E-state index in [4.69, 9.17) is 5.73 Å². The van der Waals surface area contributed by atoms with Gasteiger partial charge < -0.3 is 10.6 Å². The van der Waals surface area contributed by atoms with Gasteiger partial charge in [-0.1, -0.05) is 0 Å². The van der Waals surface area contributed by atoms with Crippen molar-refractivity contribution >= 4 is 11.9 Å². The molecule has 0 atom stereocenters. The molecule has 0 radical (unpaired) electrons. The number of hydrogen-bond donors (Lipinski definition) is 4. The summed E-state index contributed by atoms with van der Waals surface area (Å²) >= 11 is 0. The lowest BCUT2D eigenvalue weighted by atomic mass is 10.4. The second-order valence-electron chi connectivity index (χ2n) is 5.07. The van der Waals surface area contributed by atoms with E-state index in [1.807, 2.05) is 19.9 Å². The monoisotopic (exact) mass is 265 g/mol. The number of nitrogens with one attached hydrogen (secondary N) is 3. The molecule has 7 nitrogen and oxygen atoms in total. The molecule has 1 aromatic rings. The zero-order valence-electron chi connectivity index (χ0n) is 11.8. The number of aromatic nitrogens is 2. The Bertz CT molecular complexity index is 443. The van der Waals surface area contributed by atoms with Gasteiger partial charge in [-0.15, -0.1) is 9.97 Å². The average molecular weight is 265 g/mol. The molecule has 1 saturated heterocycles. The lowest BCUT2D eigenvalue weighted by Gasteiger charge is -2.28. The van der Waals surface area contributed by atoms with Crippen molar-refractivity contribution in [3.63, 3.8) is 0 Å². The molecule has 0 amide bonds. The molecule has 0 spiro atoms. The summed E-state index contributed by atoms with van der Waals surface area (Å²) in [7, 11) is 2.20. The number of hydrogen-bond acceptors (Lipinski definition) is 3. The van der Waals surface area contributed by atoms with E-state index in [9.17, 15) is 0 Å². The molecule has 1 aromatic heterocycles. The van der Waals surface area contributed by atoms with Crippen LogP contribution in [0.1, 0.15) is 11.4 Å². The molecule has 5 N–H and O–H groups in total. The van der Waals surface area contributed by atoms with Gasteiger partial charge in [-0.2, -0.15) is 5.01 Å². The van der Waals surface area contributed by atoms with Crippen LogP contribution in [0.4, 0.5) is 5.95 Å². The van der Waals surface area contributed by atoms with Gasteiger partial charge in [0, 0.05) is 6.07 Å². The molecule has 1 aliphatic rings. The molecule has 2 heterocycles. The number of nitrogens with zero attached hydrogens (tertiary/aromatic N) is 3. The van der Waals surface area contributed by atoms with Crippen LogP contribution >= 0.6 is 0 Å². The van der Waals surface area contributed by atoms with Crippen molar-refractivity contribution in [1.29, 1.82) is 0 Å². The van der Waals surface area contributed by atoms with Gasteiger partial charge in [0.15, 0.2) is 0 Å². The molecular weight excluding hydrogens is 242 g/mol. The van der Waals surface area contributed by atoms with E-state index in [0.717, 1.165) is 37.6 Å². The number of nitrogens with two attached hydrogens (primary N) is 1. The number of aryl methyl sites for hydroxylation is 2. The highest BCUT2D eigenvalue weighted by Gasteiger charge is 2.18. The second-order valence-corrected chi connectivity index (χ2v) is 5.07. The van der Waals surface area contributed by atoms with Crippen molar-refractivity contribution in [2.24, 2.45) is 5.73 Å². The van der Waals surface area contributed by atoms with Crippen LogP contribution < -0.4 is 21.1 Å². The zero-order valence-corrected chi connectivity index (χ0v) is 11.8. The number of rotatable bonds is 2. The number of piperazine rings is 1. The van der Waals surface area contributed by atoms with Crippen LogP contribution in [-0.2, 0) is 0 Å². The van der Waals surface area contributed by atoms with Crippen LogP contribution in [0.5, 0.6) is 0 Å². The maximum Gasteiger partial charge on any atom is 0.354 e. The predicted molar refractivity (Wildman–Crippen MR) is 72.7 cm³/mol. The maximum absolute atomic E-state index is 5.94. The van der Waals surface area contributed by atoms with Gasteiger partial charge in [0.2, 0.25) is 0 Å². The standard InChI is InChI=1S/C12H21N7/c1-9-8-10(2)15-12(14-9)16-11(13)17-19-6-4-18(3)5-7-19/h8H,4-7H2,1-3H3,(H3,13,14,15,16,17)/p+2. The highest BCUT2D eigenvalue weighted by atomic mass is 15.6. The Morgan fingerprint density at radius 3 is 2.47 bits per heavy atom. The third-order valence-electron chi connectivity index (χ3n) is 3.12. The van der Waals surface area contributed by atoms with Crippen molar-refractivity contribution in [3.05, 3.63) is 17.5 Å². The largest absolute Gasteiger partial charge is 0.354 e. The van der Waals surface area contributed by atoms with E-state index >= 15 is 0 Å². The first kappa shape index (κ1) is 13.7. The normalized spacial score (nSPS) is 18.6. The molecule has 104 valence electrons. The van der Waals surface area contributed by atoms with E-state index in [-0.39, 0.29) is 0 Å². The van der Waals surface area contributed by atoms with Crippen molar-refractivity contribution in [3.8, 4) is 0 Å². The van der Waals surface area contributed by atoms with Crippen LogP contribution in [0.15, 0.2) is 6.07 Å². The van der Waals surface area contributed by atoms with Gasteiger partial charge in [0.25, 0.3) is 5.96 Å². The summed E-state index contributed by atoms with van der Waals surface area (Å²) in [6.07, 6.45) is 0. The smallest absolute Gasteiger partial charge is 0.335 e. The molecular formula is C12H23N7+2. The van der Waals surface area contributed by atoms with Crippen molar-refractivity contribution < 1.29 is 9.89 Å². The van der Waals surface area contributed by atoms with Crippen LogP contribution in [0.25, 0.3) is 0 Å². The SMILES string of the molecule is Cc1cc(C)nc([NH+]=C(N)NN2CC[NH+](C)CC2)n1. The lowest BCUT2D eigenvalue weighted by molar-refractivity contribution is -0.884. The molecule has 1 aliphatic heterocycles. The number of quaternary nitrogens is 1. The second kappa shape index (κ2) is 5.94. The molecule has 0 aromatic carbocycles. The maximum atomic E-state index is 5.94. The first-order chi connectivity index (χ1) is 9.02. The Morgan fingerprint density at radius 1 is 1.32 bits per heavy atom.